The van der Waals surface area contributed by atoms with Crippen LogP contribution in [-0.4, -0.2) is 24.1 Å². The van der Waals surface area contributed by atoms with Crippen LogP contribution in [0.4, 0.5) is 0 Å². The van der Waals surface area contributed by atoms with Gasteiger partial charge in [0.1, 0.15) is 5.60 Å². The molecule has 18 heavy (non-hydrogen) atoms. The van der Waals surface area contributed by atoms with Gasteiger partial charge in [-0.1, -0.05) is 0 Å². The van der Waals surface area contributed by atoms with Crippen molar-refractivity contribution in [1.82, 2.24) is 15.3 Å². The molecule has 1 saturated carbocycles. The van der Waals surface area contributed by atoms with Crippen LogP contribution in [-0.2, 0) is 10.3 Å². The average Bonchev–Trinajstić information content (AvgIpc) is 2.87. The minimum absolute atomic E-state index is 0.244. The van der Waals surface area contributed by atoms with Crippen LogP contribution in [0.1, 0.15) is 55.7 Å². The third kappa shape index (κ3) is 2.27. The van der Waals surface area contributed by atoms with E-state index >= 15 is 0 Å². The second kappa shape index (κ2) is 5.33. The molecule has 0 bridgehead atoms. The molecule has 0 radical (unpaired) electrons. The van der Waals surface area contributed by atoms with E-state index < -0.39 is 0 Å². The van der Waals surface area contributed by atoms with E-state index in [0.29, 0.717) is 0 Å². The van der Waals surface area contributed by atoms with Crippen molar-refractivity contribution >= 4 is 0 Å². The van der Waals surface area contributed by atoms with Crippen molar-refractivity contribution in [1.29, 1.82) is 0 Å². The molecule has 4 heteroatoms. The molecule has 1 unspecified atom stereocenters. The Hall–Kier alpha value is -1.00. The minimum atomic E-state index is -0.244. The zero-order valence-electron chi connectivity index (χ0n) is 11.8. The van der Waals surface area contributed by atoms with E-state index in [1.807, 2.05) is 20.2 Å². The van der Waals surface area contributed by atoms with Gasteiger partial charge in [0.2, 0.25) is 0 Å². The molecule has 4 nitrogen and oxygen atoms in total. The van der Waals surface area contributed by atoms with Crippen LogP contribution in [0, 0.1) is 6.92 Å². The largest absolute Gasteiger partial charge is 0.370 e. The van der Waals surface area contributed by atoms with E-state index in [1.165, 1.54) is 12.8 Å². The van der Waals surface area contributed by atoms with Crippen molar-refractivity contribution in [3.63, 3.8) is 0 Å². The van der Waals surface area contributed by atoms with Gasteiger partial charge in [0.25, 0.3) is 0 Å². The first-order valence-electron chi connectivity index (χ1n) is 6.69. The Labute approximate surface area is 109 Å². The Morgan fingerprint density at radius 3 is 2.56 bits per heavy atom. The zero-order chi connectivity index (χ0) is 13.2. The SMILES string of the molecule is CNC(C)c1cnc(C2(OC)CCCC2)nc1C. The summed E-state index contributed by atoms with van der Waals surface area (Å²) in [6.45, 7) is 4.17. The Kier molecular flexibility index (Phi) is 3.97. The summed E-state index contributed by atoms with van der Waals surface area (Å²) >= 11 is 0. The lowest BCUT2D eigenvalue weighted by molar-refractivity contribution is -0.0164. The summed E-state index contributed by atoms with van der Waals surface area (Å²) in [5.74, 6) is 0.854. The molecule has 0 spiro atoms. The maximum atomic E-state index is 5.73. The molecule has 0 saturated heterocycles. The highest BCUT2D eigenvalue weighted by Gasteiger charge is 2.38. The summed E-state index contributed by atoms with van der Waals surface area (Å²) < 4.78 is 5.73. The van der Waals surface area contributed by atoms with Gasteiger partial charge in [-0.2, -0.15) is 0 Å². The molecule has 1 N–H and O–H groups in total. The van der Waals surface area contributed by atoms with Gasteiger partial charge >= 0.3 is 0 Å². The normalized spacial score (nSPS) is 20.0. The highest BCUT2D eigenvalue weighted by molar-refractivity contribution is 5.22. The monoisotopic (exact) mass is 249 g/mol. The van der Waals surface area contributed by atoms with Crippen LogP contribution in [0.25, 0.3) is 0 Å². The maximum absolute atomic E-state index is 5.73. The first-order chi connectivity index (χ1) is 8.63. The molecule has 1 heterocycles. The highest BCUT2D eigenvalue weighted by Crippen LogP contribution is 2.40. The number of ether oxygens (including phenoxy) is 1. The molecule has 0 amide bonds. The van der Waals surface area contributed by atoms with Gasteiger partial charge < -0.3 is 10.1 Å². The molecular formula is C14H23N3O. The standard InChI is InChI=1S/C14H23N3O/c1-10(15-3)12-9-16-13(17-11(12)2)14(18-4)7-5-6-8-14/h9-10,15H,5-8H2,1-4H3. The highest BCUT2D eigenvalue weighted by atomic mass is 16.5. The lowest BCUT2D eigenvalue weighted by atomic mass is 10.00. The van der Waals surface area contributed by atoms with Crippen LogP contribution in [0.3, 0.4) is 0 Å². The van der Waals surface area contributed by atoms with E-state index in [2.05, 4.69) is 17.2 Å². The average molecular weight is 249 g/mol. The van der Waals surface area contributed by atoms with Crippen molar-refractivity contribution in [3.8, 4) is 0 Å². The fourth-order valence-electron chi connectivity index (χ4n) is 2.74. The van der Waals surface area contributed by atoms with Crippen LogP contribution in [0.5, 0.6) is 0 Å². The van der Waals surface area contributed by atoms with E-state index in [4.69, 9.17) is 9.72 Å². The van der Waals surface area contributed by atoms with Crippen molar-refractivity contribution in [3.05, 3.63) is 23.3 Å². The first kappa shape index (κ1) is 13.4. The fourth-order valence-corrected chi connectivity index (χ4v) is 2.74. The smallest absolute Gasteiger partial charge is 0.160 e. The van der Waals surface area contributed by atoms with Crippen molar-refractivity contribution < 1.29 is 4.74 Å². The van der Waals surface area contributed by atoms with Gasteiger partial charge in [-0.25, -0.2) is 9.97 Å². The summed E-state index contributed by atoms with van der Waals surface area (Å²) in [6, 6.07) is 0.279. The summed E-state index contributed by atoms with van der Waals surface area (Å²) in [5, 5.41) is 3.22. The van der Waals surface area contributed by atoms with E-state index in [0.717, 1.165) is 29.9 Å². The lowest BCUT2D eigenvalue weighted by Gasteiger charge is -2.26. The summed E-state index contributed by atoms with van der Waals surface area (Å²) in [4.78, 5) is 9.25. The molecule has 2 rings (SSSR count). The summed E-state index contributed by atoms with van der Waals surface area (Å²) in [7, 11) is 3.72. The van der Waals surface area contributed by atoms with Gasteiger partial charge in [-0.15, -0.1) is 0 Å². The van der Waals surface area contributed by atoms with Gasteiger partial charge in [0.15, 0.2) is 5.82 Å². The Morgan fingerprint density at radius 1 is 1.39 bits per heavy atom. The number of methoxy groups -OCH3 is 1. The maximum Gasteiger partial charge on any atom is 0.160 e. The van der Waals surface area contributed by atoms with Crippen LogP contribution < -0.4 is 5.32 Å². The molecule has 1 aliphatic rings. The van der Waals surface area contributed by atoms with E-state index in [-0.39, 0.29) is 11.6 Å². The predicted molar refractivity (Wildman–Crippen MR) is 71.4 cm³/mol. The van der Waals surface area contributed by atoms with Gasteiger partial charge in [-0.3, -0.25) is 0 Å². The third-order valence-corrected chi connectivity index (χ3v) is 4.13. The van der Waals surface area contributed by atoms with Crippen LogP contribution in [0.15, 0.2) is 6.20 Å². The number of hydrogen-bond donors (Lipinski definition) is 1. The quantitative estimate of drug-likeness (QED) is 0.890. The van der Waals surface area contributed by atoms with Gasteiger partial charge in [0, 0.05) is 30.6 Å². The minimum Gasteiger partial charge on any atom is -0.370 e. The number of aryl methyl sites for hydroxylation is 1. The van der Waals surface area contributed by atoms with E-state index in [9.17, 15) is 0 Å². The summed E-state index contributed by atoms with van der Waals surface area (Å²) in [5.41, 5.74) is 1.96. The zero-order valence-corrected chi connectivity index (χ0v) is 11.8. The van der Waals surface area contributed by atoms with Crippen molar-refractivity contribution in [2.45, 2.75) is 51.2 Å². The lowest BCUT2D eigenvalue weighted by Crippen LogP contribution is -2.28. The number of rotatable bonds is 4. The molecule has 0 aromatic carbocycles. The molecule has 100 valence electrons. The first-order valence-corrected chi connectivity index (χ1v) is 6.69. The molecule has 1 aromatic rings. The molecule has 1 atom stereocenters. The second-order valence-corrected chi connectivity index (χ2v) is 5.15. The molecule has 1 fully saturated rings. The fraction of sp³-hybridized carbons (Fsp3) is 0.714. The Bertz CT molecular complexity index is 414. The Balaban J connectivity index is 2.33. The van der Waals surface area contributed by atoms with Crippen LogP contribution in [0.2, 0.25) is 0 Å². The Morgan fingerprint density at radius 2 is 2.06 bits per heavy atom. The van der Waals surface area contributed by atoms with Crippen LogP contribution >= 0.6 is 0 Å². The third-order valence-electron chi connectivity index (χ3n) is 4.13. The van der Waals surface area contributed by atoms with Gasteiger partial charge in [0.05, 0.1) is 0 Å². The topological polar surface area (TPSA) is 47.0 Å². The molecule has 1 aliphatic carbocycles. The number of aromatic nitrogens is 2. The molecular weight excluding hydrogens is 226 g/mol. The van der Waals surface area contributed by atoms with E-state index in [1.54, 1.807) is 7.11 Å². The van der Waals surface area contributed by atoms with Gasteiger partial charge in [-0.05, 0) is 46.6 Å². The molecule has 0 aliphatic heterocycles. The summed E-state index contributed by atoms with van der Waals surface area (Å²) in [6.07, 6.45) is 6.40. The van der Waals surface area contributed by atoms with Crippen molar-refractivity contribution in [2.75, 3.05) is 14.2 Å². The predicted octanol–water partition coefficient (Wildman–Crippen LogP) is 2.48. The van der Waals surface area contributed by atoms with Crippen molar-refractivity contribution in [2.24, 2.45) is 0 Å². The number of nitrogens with one attached hydrogen (secondary N) is 1. The second-order valence-electron chi connectivity index (χ2n) is 5.15. The molecule has 1 aromatic heterocycles. The number of nitrogens with zero attached hydrogens (tertiary/aromatic N) is 2. The number of hydrogen-bond acceptors (Lipinski definition) is 4.